The molecule has 0 bridgehead atoms. The fraction of sp³-hybridized carbons (Fsp3) is 0.286. The van der Waals surface area contributed by atoms with Gasteiger partial charge in [-0.05, 0) is 49.9 Å². The van der Waals surface area contributed by atoms with Crippen molar-refractivity contribution >= 4 is 23.6 Å². The normalized spacial score (nSPS) is 18.4. The molecule has 0 aromatic heterocycles. The molecular weight excluding hydrogens is 354 g/mol. The van der Waals surface area contributed by atoms with E-state index in [-0.39, 0.29) is 11.9 Å². The van der Waals surface area contributed by atoms with Gasteiger partial charge in [0.15, 0.2) is 0 Å². The number of anilines is 1. The quantitative estimate of drug-likeness (QED) is 0.632. The minimum atomic E-state index is -0.614. The second kappa shape index (κ2) is 7.34. The maximum Gasteiger partial charge on any atom is 0.345 e. The third-order valence-electron chi connectivity index (χ3n) is 5.17. The Morgan fingerprint density at radius 1 is 0.964 bits per heavy atom. The van der Waals surface area contributed by atoms with E-state index in [1.807, 2.05) is 35.2 Å². The number of nitrogens with two attached hydrogens (primary N) is 2. The van der Waals surface area contributed by atoms with Gasteiger partial charge in [-0.25, -0.2) is 9.79 Å². The molecule has 2 aliphatic rings. The maximum absolute atomic E-state index is 12.9. The molecule has 2 aromatic carbocycles. The van der Waals surface area contributed by atoms with Crippen molar-refractivity contribution in [3.05, 3.63) is 60.2 Å². The lowest BCUT2D eigenvalue weighted by Gasteiger charge is -2.46. The van der Waals surface area contributed by atoms with Crippen LogP contribution in [0.3, 0.4) is 0 Å². The molecule has 144 valence electrons. The Balaban J connectivity index is 1.74. The Kier molecular flexibility index (Phi) is 4.73. The van der Waals surface area contributed by atoms with Crippen molar-refractivity contribution in [1.29, 1.82) is 0 Å². The summed E-state index contributed by atoms with van der Waals surface area (Å²) in [5.74, 6) is 0.453. The molecule has 0 radical (unpaired) electrons. The van der Waals surface area contributed by atoms with E-state index in [2.05, 4.69) is 9.98 Å². The van der Waals surface area contributed by atoms with E-state index in [0.29, 0.717) is 17.0 Å². The summed E-state index contributed by atoms with van der Waals surface area (Å²) in [4.78, 5) is 23.6. The first-order valence-corrected chi connectivity index (χ1v) is 9.45. The number of esters is 1. The van der Waals surface area contributed by atoms with Crippen LogP contribution in [0.25, 0.3) is 0 Å². The zero-order valence-electron chi connectivity index (χ0n) is 15.5. The standard InChI is InChI=1S/C21H23N5O2/c22-19-24-20(23)26(21(25-19)13-7-2-8-14-21)17-12-6-5-11-16(17)18(27)28-15-9-3-1-4-10-15/h1,3-6,9-12H,2,7-8,13-14H2,(H4,22,23,24,25). The number of nitrogens with zero attached hydrogens (tertiary/aromatic N) is 3. The second-order valence-electron chi connectivity index (χ2n) is 7.04. The number of benzene rings is 2. The third kappa shape index (κ3) is 3.31. The molecule has 0 saturated heterocycles. The predicted molar refractivity (Wildman–Crippen MR) is 109 cm³/mol. The molecule has 0 amide bonds. The number of ether oxygens (including phenoxy) is 1. The van der Waals surface area contributed by atoms with Gasteiger partial charge < -0.3 is 16.2 Å². The first-order chi connectivity index (χ1) is 13.6. The predicted octanol–water partition coefficient (Wildman–Crippen LogP) is 3.02. The second-order valence-corrected chi connectivity index (χ2v) is 7.04. The zero-order valence-corrected chi connectivity index (χ0v) is 15.5. The number of hydrogen-bond acceptors (Lipinski definition) is 7. The molecule has 7 nitrogen and oxygen atoms in total. The summed E-state index contributed by atoms with van der Waals surface area (Å²) < 4.78 is 5.56. The van der Waals surface area contributed by atoms with Crippen molar-refractivity contribution in [2.24, 2.45) is 21.5 Å². The topological polar surface area (TPSA) is 106 Å². The number of carbonyl (C=O) groups is 1. The number of para-hydroxylation sites is 2. The zero-order chi connectivity index (χ0) is 19.6. The van der Waals surface area contributed by atoms with Gasteiger partial charge in [0.25, 0.3) is 0 Å². The smallest absolute Gasteiger partial charge is 0.345 e. The molecule has 1 spiro atoms. The molecule has 1 aliphatic heterocycles. The summed E-state index contributed by atoms with van der Waals surface area (Å²) in [5.41, 5.74) is 12.6. The van der Waals surface area contributed by atoms with Gasteiger partial charge >= 0.3 is 5.97 Å². The van der Waals surface area contributed by atoms with Crippen LogP contribution in [-0.4, -0.2) is 23.6 Å². The highest BCUT2D eigenvalue weighted by molar-refractivity contribution is 6.09. The van der Waals surface area contributed by atoms with Crippen molar-refractivity contribution in [2.45, 2.75) is 37.8 Å². The Hall–Kier alpha value is -3.35. The summed E-state index contributed by atoms with van der Waals surface area (Å²) in [5, 5.41) is 0. The molecule has 0 unspecified atom stereocenters. The van der Waals surface area contributed by atoms with Crippen LogP contribution in [0.2, 0.25) is 0 Å². The summed E-state index contributed by atoms with van der Waals surface area (Å²) in [6.07, 6.45) is 4.76. The molecular formula is C21H23N5O2. The highest BCUT2D eigenvalue weighted by atomic mass is 16.5. The molecule has 1 heterocycles. The minimum absolute atomic E-state index is 0.181. The van der Waals surface area contributed by atoms with Crippen LogP contribution >= 0.6 is 0 Å². The van der Waals surface area contributed by atoms with Crippen LogP contribution in [0.4, 0.5) is 5.69 Å². The summed E-state index contributed by atoms with van der Waals surface area (Å²) in [6.45, 7) is 0. The van der Waals surface area contributed by atoms with Crippen molar-refractivity contribution in [3.63, 3.8) is 0 Å². The lowest BCUT2D eigenvalue weighted by atomic mass is 9.87. The van der Waals surface area contributed by atoms with E-state index in [4.69, 9.17) is 16.2 Å². The molecule has 7 heteroatoms. The molecule has 4 N–H and O–H groups in total. The van der Waals surface area contributed by atoms with Gasteiger partial charge in [0.1, 0.15) is 11.4 Å². The minimum Gasteiger partial charge on any atom is -0.423 e. The van der Waals surface area contributed by atoms with Gasteiger partial charge in [-0.2, -0.15) is 4.99 Å². The molecule has 0 atom stereocenters. The maximum atomic E-state index is 12.9. The molecule has 1 saturated carbocycles. The molecule has 2 aromatic rings. The van der Waals surface area contributed by atoms with Crippen molar-refractivity contribution in [1.82, 2.24) is 0 Å². The van der Waals surface area contributed by atoms with E-state index in [9.17, 15) is 4.79 Å². The summed E-state index contributed by atoms with van der Waals surface area (Å²) in [7, 11) is 0. The third-order valence-corrected chi connectivity index (χ3v) is 5.17. The van der Waals surface area contributed by atoms with Gasteiger partial charge in [0.2, 0.25) is 11.9 Å². The van der Waals surface area contributed by atoms with Crippen molar-refractivity contribution < 1.29 is 9.53 Å². The number of hydrogen-bond donors (Lipinski definition) is 2. The van der Waals surface area contributed by atoms with Crippen molar-refractivity contribution in [3.8, 4) is 5.75 Å². The molecule has 1 fully saturated rings. The SMILES string of the molecule is NC1=NC2(CCCCC2)N(c2ccccc2C(=O)Oc2ccccc2)C(N)=N1. The lowest BCUT2D eigenvalue weighted by Crippen LogP contribution is -2.58. The van der Waals surface area contributed by atoms with Crippen LogP contribution < -0.4 is 21.1 Å². The molecule has 1 aliphatic carbocycles. The first-order valence-electron chi connectivity index (χ1n) is 9.45. The van der Waals surface area contributed by atoms with Crippen LogP contribution in [0.1, 0.15) is 42.5 Å². The summed E-state index contributed by atoms with van der Waals surface area (Å²) in [6, 6.07) is 16.2. The number of guanidine groups is 2. The van der Waals surface area contributed by atoms with E-state index in [0.717, 1.165) is 32.1 Å². The number of rotatable bonds is 3. The first kappa shape index (κ1) is 18.0. The van der Waals surface area contributed by atoms with Gasteiger partial charge in [-0.3, -0.25) is 4.90 Å². The van der Waals surface area contributed by atoms with Crippen LogP contribution in [-0.2, 0) is 0 Å². The fourth-order valence-electron chi connectivity index (χ4n) is 3.96. The Morgan fingerprint density at radius 3 is 2.39 bits per heavy atom. The molecule has 4 rings (SSSR count). The van der Waals surface area contributed by atoms with E-state index >= 15 is 0 Å². The van der Waals surface area contributed by atoms with Gasteiger partial charge in [-0.1, -0.05) is 36.8 Å². The van der Waals surface area contributed by atoms with E-state index in [1.54, 1.807) is 24.3 Å². The monoisotopic (exact) mass is 377 g/mol. The highest BCUT2D eigenvalue weighted by Crippen LogP contribution is 2.40. The van der Waals surface area contributed by atoms with Gasteiger partial charge in [0.05, 0.1) is 11.3 Å². The van der Waals surface area contributed by atoms with Gasteiger partial charge in [0, 0.05) is 0 Å². The van der Waals surface area contributed by atoms with E-state index in [1.165, 1.54) is 0 Å². The van der Waals surface area contributed by atoms with Crippen LogP contribution in [0.5, 0.6) is 5.75 Å². The summed E-state index contributed by atoms with van der Waals surface area (Å²) >= 11 is 0. The van der Waals surface area contributed by atoms with E-state index < -0.39 is 11.6 Å². The molecule has 28 heavy (non-hydrogen) atoms. The average molecular weight is 377 g/mol. The number of aliphatic imine (C=N–C) groups is 2. The Morgan fingerprint density at radius 2 is 1.64 bits per heavy atom. The fourth-order valence-corrected chi connectivity index (χ4v) is 3.96. The largest absolute Gasteiger partial charge is 0.423 e. The Bertz CT molecular complexity index is 933. The van der Waals surface area contributed by atoms with Crippen molar-refractivity contribution in [2.75, 3.05) is 4.90 Å². The lowest BCUT2D eigenvalue weighted by molar-refractivity contribution is 0.0735. The average Bonchev–Trinajstić information content (AvgIpc) is 2.69. The van der Waals surface area contributed by atoms with Crippen LogP contribution in [0.15, 0.2) is 64.6 Å². The Labute approximate surface area is 163 Å². The van der Waals surface area contributed by atoms with Gasteiger partial charge in [-0.15, -0.1) is 0 Å². The number of carbonyl (C=O) groups excluding carboxylic acids is 1. The van der Waals surface area contributed by atoms with Crippen LogP contribution in [0, 0.1) is 0 Å². The highest BCUT2D eigenvalue weighted by Gasteiger charge is 2.43.